The second-order valence-electron chi connectivity index (χ2n) is 0.939. The maximum atomic E-state index is 7.21. The molecular weight excluding hydrogens is 159 g/mol. The minimum atomic E-state index is -0.252. The molecule has 0 aliphatic heterocycles. The van der Waals surface area contributed by atoms with E-state index in [1.165, 1.54) is 0 Å². The van der Waals surface area contributed by atoms with Gasteiger partial charge in [0.15, 0.2) is 0 Å². The summed E-state index contributed by atoms with van der Waals surface area (Å²) in [5.41, 5.74) is 0. The van der Waals surface area contributed by atoms with E-state index in [1.807, 2.05) is 0 Å². The summed E-state index contributed by atoms with van der Waals surface area (Å²) >= 11 is 2.96. The molecule has 0 unspecified atom stereocenters. The Morgan fingerprint density at radius 1 is 1.62 bits per heavy atom. The van der Waals surface area contributed by atoms with E-state index in [4.69, 9.17) is 5.48 Å². The predicted octanol–water partition coefficient (Wildman–Crippen LogP) is -0.747. The van der Waals surface area contributed by atoms with Crippen LogP contribution in [-0.2, 0) is 0 Å². The Balaban J connectivity index is 0.00000121. The first-order valence-electron chi connectivity index (χ1n) is 3.69. The standard InChI is InChI=1S/C6H4Br.Li/c7-6-4-2-1-3-5-6;/h1-4H;/q-1;+1/i1D,2D,3D,4D;. The molecule has 0 aliphatic carbocycles. The van der Waals surface area contributed by atoms with Crippen molar-refractivity contribution in [2.24, 2.45) is 0 Å². The summed E-state index contributed by atoms with van der Waals surface area (Å²) in [6.07, 6.45) is 0. The first-order valence-corrected chi connectivity index (χ1v) is 2.48. The van der Waals surface area contributed by atoms with Crippen molar-refractivity contribution in [1.82, 2.24) is 0 Å². The van der Waals surface area contributed by atoms with Crippen LogP contribution in [0.2, 0.25) is 0 Å². The van der Waals surface area contributed by atoms with Gasteiger partial charge in [-0.05, 0) is 2.74 Å². The normalized spacial score (nSPS) is 14.6. The third kappa shape index (κ3) is 2.57. The Morgan fingerprint density at radius 3 is 3.12 bits per heavy atom. The van der Waals surface area contributed by atoms with Crippen LogP contribution < -0.4 is 18.9 Å². The van der Waals surface area contributed by atoms with Crippen molar-refractivity contribution in [3.63, 3.8) is 0 Å². The molecule has 0 bridgehead atoms. The Morgan fingerprint density at radius 2 is 2.38 bits per heavy atom. The summed E-state index contributed by atoms with van der Waals surface area (Å²) in [5, 5.41) is 0. The van der Waals surface area contributed by atoms with Gasteiger partial charge in [0, 0.05) is 2.74 Å². The zero-order chi connectivity index (χ0) is 8.59. The molecule has 0 radical (unpaired) electrons. The van der Waals surface area contributed by atoms with Crippen LogP contribution in [0.5, 0.6) is 0 Å². The molecule has 1 aromatic rings. The van der Waals surface area contributed by atoms with Crippen molar-refractivity contribution in [2.75, 3.05) is 0 Å². The van der Waals surface area contributed by atoms with E-state index in [0.717, 1.165) is 0 Å². The fraction of sp³-hybridized carbons (Fsp3) is 0. The first-order chi connectivity index (χ1) is 5.04. The van der Waals surface area contributed by atoms with Crippen molar-refractivity contribution < 1.29 is 24.3 Å². The zero-order valence-electron chi connectivity index (χ0n) is 8.38. The summed E-state index contributed by atoms with van der Waals surface area (Å²) < 4.78 is 28.9. The monoisotopic (exact) mass is 166 g/mol. The molecular formula is C6H4BrLi. The molecule has 0 aromatic heterocycles. The summed E-state index contributed by atoms with van der Waals surface area (Å²) in [6, 6.07) is 1.70. The van der Waals surface area contributed by atoms with Crippen LogP contribution in [0.1, 0.15) is 5.48 Å². The second-order valence-corrected chi connectivity index (χ2v) is 1.73. The molecule has 0 amide bonds. The molecule has 8 heavy (non-hydrogen) atoms. The molecule has 0 spiro atoms. The van der Waals surface area contributed by atoms with E-state index in [9.17, 15) is 0 Å². The number of rotatable bonds is 0. The Bertz CT molecular complexity index is 276. The van der Waals surface area contributed by atoms with Crippen LogP contribution in [-0.4, -0.2) is 0 Å². The maximum Gasteiger partial charge on any atom is 1.00 e. The Labute approximate surface area is 75.2 Å². The number of halogens is 1. The molecule has 1 aromatic carbocycles. The van der Waals surface area contributed by atoms with Crippen molar-refractivity contribution >= 4 is 15.9 Å². The van der Waals surface area contributed by atoms with Gasteiger partial charge in [0.1, 0.15) is 0 Å². The zero-order valence-corrected chi connectivity index (χ0v) is 5.96. The van der Waals surface area contributed by atoms with Gasteiger partial charge in [0.2, 0.25) is 0 Å². The van der Waals surface area contributed by atoms with Gasteiger partial charge in [0.05, 0.1) is 0 Å². The van der Waals surface area contributed by atoms with Gasteiger partial charge in [-0.25, -0.2) is 0 Å². The fourth-order valence-electron chi connectivity index (χ4n) is 0.235. The fourth-order valence-corrected chi connectivity index (χ4v) is 0.433. The Kier molecular flexibility index (Phi) is 1.82. The predicted molar refractivity (Wildman–Crippen MR) is 33.0 cm³/mol. The Hall–Kier alpha value is 0.297. The van der Waals surface area contributed by atoms with Crippen LogP contribution in [0, 0.1) is 6.07 Å². The van der Waals surface area contributed by atoms with Crippen molar-refractivity contribution in [2.45, 2.75) is 0 Å². The number of hydrogen-bond donors (Lipinski definition) is 0. The van der Waals surface area contributed by atoms with E-state index < -0.39 is 0 Å². The average Bonchev–Trinajstić information content (AvgIpc) is 1.97. The van der Waals surface area contributed by atoms with Crippen molar-refractivity contribution in [3.8, 4) is 0 Å². The van der Waals surface area contributed by atoms with Crippen LogP contribution in [0.3, 0.4) is 0 Å². The van der Waals surface area contributed by atoms with Gasteiger partial charge < -0.3 is 0 Å². The van der Waals surface area contributed by atoms with Gasteiger partial charge in [0.25, 0.3) is 0 Å². The molecule has 0 saturated heterocycles. The quantitative estimate of drug-likeness (QED) is 0.352. The molecule has 0 atom stereocenters. The third-order valence-corrected chi connectivity index (χ3v) is 0.866. The minimum absolute atomic E-state index is 0. The van der Waals surface area contributed by atoms with Gasteiger partial charge >= 0.3 is 18.9 Å². The van der Waals surface area contributed by atoms with E-state index in [1.54, 1.807) is 0 Å². The smallest absolute Gasteiger partial charge is 0.176 e. The largest absolute Gasteiger partial charge is 1.00 e. The van der Waals surface area contributed by atoms with Crippen LogP contribution in [0.15, 0.2) is 28.6 Å². The second kappa shape index (κ2) is 4.20. The van der Waals surface area contributed by atoms with Gasteiger partial charge in [-0.2, -0.15) is 30.2 Å². The summed E-state index contributed by atoms with van der Waals surface area (Å²) in [4.78, 5) is 0. The molecule has 0 saturated carbocycles. The average molecular weight is 167 g/mol. The molecule has 0 fully saturated rings. The van der Waals surface area contributed by atoms with E-state index >= 15 is 0 Å². The topological polar surface area (TPSA) is 0 Å². The minimum Gasteiger partial charge on any atom is -0.176 e. The number of hydrogen-bond acceptors (Lipinski definition) is 0. The SMILES string of the molecule is [2H]c1[c-]c(Br)c([2H])c([2H])c1[2H].[Li+]. The molecule has 1 rings (SSSR count). The molecule has 36 valence electrons. The van der Waals surface area contributed by atoms with Gasteiger partial charge in [-0.15, -0.1) is 0 Å². The van der Waals surface area contributed by atoms with Crippen LogP contribution >= 0.6 is 15.9 Å². The third-order valence-electron chi connectivity index (χ3n) is 0.469. The number of benzene rings is 1. The summed E-state index contributed by atoms with van der Waals surface area (Å²) in [5.74, 6) is 0. The van der Waals surface area contributed by atoms with Crippen molar-refractivity contribution in [3.05, 3.63) is 34.7 Å². The van der Waals surface area contributed by atoms with Crippen molar-refractivity contribution in [1.29, 1.82) is 0 Å². The molecule has 0 heterocycles. The van der Waals surface area contributed by atoms with Gasteiger partial charge in [-0.3, -0.25) is 0 Å². The van der Waals surface area contributed by atoms with Gasteiger partial charge in [-0.1, -0.05) is 20.4 Å². The van der Waals surface area contributed by atoms with Crippen LogP contribution in [0.25, 0.3) is 0 Å². The summed E-state index contributed by atoms with van der Waals surface area (Å²) in [6.45, 7) is 0. The van der Waals surface area contributed by atoms with Crippen LogP contribution in [0.4, 0.5) is 0 Å². The first kappa shape index (κ1) is 3.46. The summed E-state index contributed by atoms with van der Waals surface area (Å²) in [7, 11) is 0. The molecule has 0 N–H and O–H groups in total. The molecule has 0 nitrogen and oxygen atoms in total. The molecule has 2 heteroatoms. The van der Waals surface area contributed by atoms with E-state index in [2.05, 4.69) is 22.0 Å². The molecule has 0 aliphatic rings. The van der Waals surface area contributed by atoms with E-state index in [-0.39, 0.29) is 47.5 Å². The van der Waals surface area contributed by atoms with E-state index in [0.29, 0.717) is 0 Å². The maximum absolute atomic E-state index is 7.21.